The third kappa shape index (κ3) is 4.54. The van der Waals surface area contributed by atoms with Crippen LogP contribution in [0.25, 0.3) is 0 Å². The Morgan fingerprint density at radius 3 is 2.27 bits per heavy atom. The van der Waals surface area contributed by atoms with E-state index in [4.69, 9.17) is 4.98 Å². The van der Waals surface area contributed by atoms with E-state index in [0.29, 0.717) is 17.7 Å². The first-order chi connectivity index (χ1) is 16.2. The van der Waals surface area contributed by atoms with E-state index in [9.17, 15) is 10.1 Å². The number of thioether (sulfide) groups is 1. The second kappa shape index (κ2) is 9.80. The van der Waals surface area contributed by atoms with Gasteiger partial charge in [0.1, 0.15) is 11.1 Å². The van der Waals surface area contributed by atoms with Crippen molar-refractivity contribution in [3.63, 3.8) is 0 Å². The summed E-state index contributed by atoms with van der Waals surface area (Å²) in [4.78, 5) is 20.3. The van der Waals surface area contributed by atoms with Crippen molar-refractivity contribution in [3.8, 4) is 6.07 Å². The maximum atomic E-state index is 13.5. The topological polar surface area (TPSA) is 57.0 Å². The minimum absolute atomic E-state index is 0.0811. The number of amides is 1. The summed E-state index contributed by atoms with van der Waals surface area (Å²) in [5, 5.41) is 10.4. The molecule has 0 spiro atoms. The monoisotopic (exact) mass is 453 g/mol. The van der Waals surface area contributed by atoms with Crippen molar-refractivity contribution in [2.24, 2.45) is 0 Å². The van der Waals surface area contributed by atoms with Crippen molar-refractivity contribution < 1.29 is 4.79 Å². The van der Waals surface area contributed by atoms with Gasteiger partial charge >= 0.3 is 0 Å². The average Bonchev–Trinajstić information content (AvgIpc) is 3.17. The Kier molecular flexibility index (Phi) is 6.46. The first-order valence-electron chi connectivity index (χ1n) is 11.8. The first kappa shape index (κ1) is 21.7. The zero-order valence-electron chi connectivity index (χ0n) is 18.7. The molecule has 0 saturated carbocycles. The number of aromatic nitrogens is 1. The molecule has 2 aromatic carbocycles. The summed E-state index contributed by atoms with van der Waals surface area (Å²) in [6.07, 6.45) is 7.77. The number of nitrogens with zero attached hydrogens (tertiary/aromatic N) is 3. The molecule has 1 aliphatic carbocycles. The summed E-state index contributed by atoms with van der Waals surface area (Å²) in [7, 11) is 0. The Morgan fingerprint density at radius 2 is 1.58 bits per heavy atom. The van der Waals surface area contributed by atoms with E-state index in [2.05, 4.69) is 18.2 Å². The minimum atomic E-state index is 0.0811. The van der Waals surface area contributed by atoms with E-state index in [1.54, 1.807) is 0 Å². The molecule has 5 heteroatoms. The second-order valence-electron chi connectivity index (χ2n) is 8.70. The first-order valence-corrected chi connectivity index (χ1v) is 12.8. The molecule has 0 atom stereocenters. The van der Waals surface area contributed by atoms with Gasteiger partial charge in [0.2, 0.25) is 5.91 Å². The van der Waals surface area contributed by atoms with E-state index >= 15 is 0 Å². The smallest absolute Gasteiger partial charge is 0.232 e. The fourth-order valence-electron chi connectivity index (χ4n) is 4.88. The quantitative estimate of drug-likeness (QED) is 0.350. The molecule has 0 N–H and O–H groups in total. The molecular formula is C28H27N3OS. The Bertz CT molecular complexity index is 1180. The Balaban J connectivity index is 1.36. The van der Waals surface area contributed by atoms with Gasteiger partial charge in [-0.25, -0.2) is 4.98 Å². The summed E-state index contributed by atoms with van der Waals surface area (Å²) in [6, 6.07) is 20.8. The number of nitriles is 1. The van der Waals surface area contributed by atoms with Gasteiger partial charge in [0, 0.05) is 17.9 Å². The van der Waals surface area contributed by atoms with Gasteiger partial charge in [0.05, 0.1) is 16.9 Å². The standard InChI is InChI=1S/C28H27N3OS/c29-19-23-18-22-10-2-1-3-11-24(22)30-28(23)33-17-16-27(32)31-25-12-6-4-8-20(25)14-15-21-9-5-7-13-26(21)31/h4-9,12-13,18H,1-3,10-11,14-17H2. The van der Waals surface area contributed by atoms with Crippen LogP contribution in [0.2, 0.25) is 0 Å². The van der Waals surface area contributed by atoms with Crippen LogP contribution in [-0.2, 0) is 30.5 Å². The highest BCUT2D eigenvalue weighted by Gasteiger charge is 2.25. The van der Waals surface area contributed by atoms with E-state index in [1.165, 1.54) is 41.3 Å². The molecule has 1 aliphatic heterocycles. The van der Waals surface area contributed by atoms with Gasteiger partial charge in [-0.1, -0.05) is 42.8 Å². The van der Waals surface area contributed by atoms with Crippen LogP contribution in [0.15, 0.2) is 59.6 Å². The largest absolute Gasteiger partial charge is 0.280 e. The highest BCUT2D eigenvalue weighted by molar-refractivity contribution is 7.99. The van der Waals surface area contributed by atoms with Crippen LogP contribution in [0.5, 0.6) is 0 Å². The second-order valence-corrected chi connectivity index (χ2v) is 9.79. The zero-order chi connectivity index (χ0) is 22.6. The highest BCUT2D eigenvalue weighted by atomic mass is 32.2. The van der Waals surface area contributed by atoms with Crippen LogP contribution in [-0.4, -0.2) is 16.6 Å². The average molecular weight is 454 g/mol. The lowest BCUT2D eigenvalue weighted by atomic mass is 10.0. The van der Waals surface area contributed by atoms with Crippen LogP contribution in [0.3, 0.4) is 0 Å². The van der Waals surface area contributed by atoms with Crippen LogP contribution >= 0.6 is 11.8 Å². The Labute approximate surface area is 199 Å². The maximum absolute atomic E-state index is 13.5. The molecule has 33 heavy (non-hydrogen) atoms. The van der Waals surface area contributed by atoms with Crippen LogP contribution in [0, 0.1) is 11.3 Å². The number of para-hydroxylation sites is 2. The normalized spacial score (nSPS) is 14.8. The number of fused-ring (bicyclic) bond motifs is 3. The molecular weight excluding hydrogens is 426 g/mol. The molecule has 1 aromatic heterocycles. The number of carbonyl (C=O) groups excluding carboxylic acids is 1. The summed E-state index contributed by atoms with van der Waals surface area (Å²) < 4.78 is 0. The van der Waals surface area contributed by atoms with Gasteiger partial charge in [0.15, 0.2) is 0 Å². The summed E-state index contributed by atoms with van der Waals surface area (Å²) in [5.41, 5.74) is 7.37. The molecule has 3 aromatic rings. The molecule has 166 valence electrons. The lowest BCUT2D eigenvalue weighted by Crippen LogP contribution is -2.27. The van der Waals surface area contributed by atoms with Gasteiger partial charge in [-0.15, -0.1) is 11.8 Å². The van der Waals surface area contributed by atoms with Crippen molar-refractivity contribution in [1.29, 1.82) is 5.26 Å². The van der Waals surface area contributed by atoms with E-state index < -0.39 is 0 Å². The van der Waals surface area contributed by atoms with Crippen molar-refractivity contribution in [3.05, 3.63) is 82.5 Å². The molecule has 2 heterocycles. The predicted octanol–water partition coefficient (Wildman–Crippen LogP) is 6.17. The Hall–Kier alpha value is -3.10. The van der Waals surface area contributed by atoms with Gasteiger partial charge in [-0.2, -0.15) is 5.26 Å². The van der Waals surface area contributed by atoms with Gasteiger partial charge < -0.3 is 0 Å². The number of benzene rings is 2. The van der Waals surface area contributed by atoms with Crippen LogP contribution < -0.4 is 4.90 Å². The molecule has 0 bridgehead atoms. The molecule has 0 radical (unpaired) electrons. The zero-order valence-corrected chi connectivity index (χ0v) is 19.5. The maximum Gasteiger partial charge on any atom is 0.232 e. The summed E-state index contributed by atoms with van der Waals surface area (Å²) >= 11 is 1.53. The molecule has 5 rings (SSSR count). The number of aryl methyl sites for hydroxylation is 4. The van der Waals surface area contributed by atoms with Crippen molar-refractivity contribution in [2.75, 3.05) is 10.7 Å². The molecule has 0 unspecified atom stereocenters. The minimum Gasteiger partial charge on any atom is -0.280 e. The number of anilines is 2. The van der Waals surface area contributed by atoms with E-state index in [-0.39, 0.29) is 5.91 Å². The predicted molar refractivity (Wildman–Crippen MR) is 133 cm³/mol. The van der Waals surface area contributed by atoms with Crippen molar-refractivity contribution >= 4 is 29.0 Å². The highest BCUT2D eigenvalue weighted by Crippen LogP contribution is 2.37. The van der Waals surface area contributed by atoms with Gasteiger partial charge in [-0.05, 0) is 73.4 Å². The van der Waals surface area contributed by atoms with E-state index in [0.717, 1.165) is 54.2 Å². The third-order valence-corrected chi connectivity index (χ3v) is 7.56. The molecule has 2 aliphatic rings. The third-order valence-electron chi connectivity index (χ3n) is 6.57. The van der Waals surface area contributed by atoms with E-state index in [1.807, 2.05) is 47.4 Å². The molecule has 1 amide bonds. The molecule has 4 nitrogen and oxygen atoms in total. The fraction of sp³-hybridized carbons (Fsp3) is 0.321. The van der Waals surface area contributed by atoms with Crippen LogP contribution in [0.1, 0.15) is 53.6 Å². The summed E-state index contributed by atoms with van der Waals surface area (Å²) in [6.45, 7) is 0. The van der Waals surface area contributed by atoms with Crippen molar-refractivity contribution in [1.82, 2.24) is 4.98 Å². The number of pyridine rings is 1. The molecule has 0 saturated heterocycles. The van der Waals surface area contributed by atoms with Crippen molar-refractivity contribution in [2.45, 2.75) is 56.4 Å². The lowest BCUT2D eigenvalue weighted by Gasteiger charge is -2.25. The number of hydrogen-bond donors (Lipinski definition) is 0. The molecule has 0 fully saturated rings. The van der Waals surface area contributed by atoms with Gasteiger partial charge in [-0.3, -0.25) is 9.69 Å². The van der Waals surface area contributed by atoms with Gasteiger partial charge in [0.25, 0.3) is 0 Å². The lowest BCUT2D eigenvalue weighted by molar-refractivity contribution is -0.117. The number of rotatable bonds is 4. The van der Waals surface area contributed by atoms with Crippen LogP contribution in [0.4, 0.5) is 11.4 Å². The fourth-order valence-corrected chi connectivity index (χ4v) is 5.78. The summed E-state index contributed by atoms with van der Waals surface area (Å²) in [5.74, 6) is 0.678. The number of hydrogen-bond acceptors (Lipinski definition) is 4. The SMILES string of the molecule is N#Cc1cc2c(nc1SCCC(=O)N1c3ccccc3CCc3ccccc31)CCCCC2. The number of carbonyl (C=O) groups is 1. The Morgan fingerprint density at radius 1 is 0.909 bits per heavy atom.